The number of carbonyl (C=O) groups is 1. The summed E-state index contributed by atoms with van der Waals surface area (Å²) in [7, 11) is 0. The van der Waals surface area contributed by atoms with Crippen LogP contribution in [0.5, 0.6) is 0 Å². The normalized spacial score (nSPS) is 32.8. The van der Waals surface area contributed by atoms with Crippen LogP contribution in [0.1, 0.15) is 33.1 Å². The summed E-state index contributed by atoms with van der Waals surface area (Å²) in [5.74, 6) is -0.323. The molecule has 1 aliphatic carbocycles. The van der Waals surface area contributed by atoms with Crippen LogP contribution in [-0.4, -0.2) is 23.5 Å². The molecule has 0 spiro atoms. The van der Waals surface area contributed by atoms with Gasteiger partial charge in [0.15, 0.2) is 0 Å². The highest BCUT2D eigenvalue weighted by Crippen LogP contribution is 2.43. The number of esters is 1. The number of nitrogens with zero attached hydrogens (tertiary/aromatic N) is 1. The first-order valence-corrected chi connectivity index (χ1v) is 5.80. The Hall–Kier alpha value is -1.39. The van der Waals surface area contributed by atoms with E-state index in [0.717, 1.165) is 0 Å². The van der Waals surface area contributed by atoms with E-state index in [1.165, 1.54) is 6.92 Å². The number of hydrogen-bond acceptors (Lipinski definition) is 4. The van der Waals surface area contributed by atoms with E-state index in [-0.39, 0.29) is 34.9 Å². The minimum atomic E-state index is -0.328. The maximum absolute atomic E-state index is 10.9. The van der Waals surface area contributed by atoms with Crippen LogP contribution in [0.25, 0.3) is 0 Å². The van der Waals surface area contributed by atoms with Crippen molar-refractivity contribution in [2.24, 2.45) is 11.3 Å². The van der Waals surface area contributed by atoms with Crippen LogP contribution in [0.15, 0.2) is 12.7 Å². The van der Waals surface area contributed by atoms with E-state index in [2.05, 4.69) is 6.58 Å². The standard InChI is InChI=1S/C12H19NO4/c1-4-12(3)7-11(17-9(2)14)6-5-10(12)8-13(15)16/h4,10-11H,1,5-8H2,2-3H3/t10-,11-,12+/m1/s1. The van der Waals surface area contributed by atoms with E-state index in [4.69, 9.17) is 4.74 Å². The van der Waals surface area contributed by atoms with Crippen molar-refractivity contribution in [2.75, 3.05) is 6.54 Å². The molecule has 0 amide bonds. The number of ether oxygens (including phenoxy) is 1. The van der Waals surface area contributed by atoms with Gasteiger partial charge in [-0.2, -0.15) is 0 Å². The van der Waals surface area contributed by atoms with Gasteiger partial charge in [0.1, 0.15) is 6.10 Å². The average Bonchev–Trinajstić information content (AvgIpc) is 2.21. The molecule has 5 nitrogen and oxygen atoms in total. The molecular weight excluding hydrogens is 222 g/mol. The molecule has 0 heterocycles. The van der Waals surface area contributed by atoms with E-state index in [1.807, 2.05) is 6.92 Å². The maximum atomic E-state index is 10.9. The van der Waals surface area contributed by atoms with Crippen molar-refractivity contribution in [1.29, 1.82) is 0 Å². The topological polar surface area (TPSA) is 69.4 Å². The Labute approximate surface area is 101 Å². The number of carbonyl (C=O) groups excluding carboxylic acids is 1. The highest BCUT2D eigenvalue weighted by Gasteiger charge is 2.41. The lowest BCUT2D eigenvalue weighted by atomic mass is 9.66. The van der Waals surface area contributed by atoms with E-state index < -0.39 is 0 Å². The van der Waals surface area contributed by atoms with Crippen molar-refractivity contribution < 1.29 is 14.5 Å². The van der Waals surface area contributed by atoms with Crippen molar-refractivity contribution >= 4 is 5.97 Å². The Balaban J connectivity index is 2.71. The quantitative estimate of drug-likeness (QED) is 0.327. The van der Waals surface area contributed by atoms with Gasteiger partial charge in [0.2, 0.25) is 6.54 Å². The molecule has 96 valence electrons. The first-order chi connectivity index (χ1) is 7.87. The van der Waals surface area contributed by atoms with Gasteiger partial charge in [0, 0.05) is 17.8 Å². The van der Waals surface area contributed by atoms with Crippen LogP contribution in [-0.2, 0) is 9.53 Å². The molecule has 0 N–H and O–H groups in total. The smallest absolute Gasteiger partial charge is 0.302 e. The zero-order chi connectivity index (χ0) is 13.1. The van der Waals surface area contributed by atoms with E-state index in [1.54, 1.807) is 6.08 Å². The first-order valence-electron chi connectivity index (χ1n) is 5.80. The van der Waals surface area contributed by atoms with Crippen LogP contribution in [0, 0.1) is 21.4 Å². The second kappa shape index (κ2) is 5.29. The summed E-state index contributed by atoms with van der Waals surface area (Å²) >= 11 is 0. The van der Waals surface area contributed by atoms with Crippen molar-refractivity contribution in [3.05, 3.63) is 22.8 Å². The SMILES string of the molecule is C=C[C@@]1(C)C[C@H](OC(C)=O)CC[C@@H]1C[N+](=O)[O-]. The summed E-state index contributed by atoms with van der Waals surface area (Å²) in [4.78, 5) is 21.3. The molecule has 0 saturated heterocycles. The highest BCUT2D eigenvalue weighted by molar-refractivity contribution is 5.66. The van der Waals surface area contributed by atoms with Gasteiger partial charge >= 0.3 is 5.97 Å². The summed E-state index contributed by atoms with van der Waals surface area (Å²) in [6, 6.07) is 0. The lowest BCUT2D eigenvalue weighted by molar-refractivity contribution is -0.492. The van der Waals surface area contributed by atoms with Crippen LogP contribution >= 0.6 is 0 Å². The number of hydrogen-bond donors (Lipinski definition) is 0. The largest absolute Gasteiger partial charge is 0.463 e. The summed E-state index contributed by atoms with van der Waals surface area (Å²) in [6.07, 6.45) is 3.63. The number of rotatable bonds is 4. The van der Waals surface area contributed by atoms with Gasteiger partial charge in [-0.05, 0) is 24.7 Å². The van der Waals surface area contributed by atoms with Crippen LogP contribution in [0.4, 0.5) is 0 Å². The Morgan fingerprint density at radius 3 is 2.76 bits per heavy atom. The van der Waals surface area contributed by atoms with Crippen molar-refractivity contribution in [2.45, 2.75) is 39.2 Å². The lowest BCUT2D eigenvalue weighted by Crippen LogP contribution is -2.40. The molecular formula is C12H19NO4. The molecule has 17 heavy (non-hydrogen) atoms. The Morgan fingerprint density at radius 1 is 1.65 bits per heavy atom. The summed E-state index contributed by atoms with van der Waals surface area (Å²) in [5.41, 5.74) is -0.328. The molecule has 0 aromatic rings. The van der Waals surface area contributed by atoms with Gasteiger partial charge in [-0.25, -0.2) is 0 Å². The molecule has 0 bridgehead atoms. The summed E-state index contributed by atoms with van der Waals surface area (Å²) in [5, 5.41) is 10.6. The number of allylic oxidation sites excluding steroid dienone is 1. The first kappa shape index (κ1) is 13.7. The van der Waals surface area contributed by atoms with Crippen LogP contribution in [0.3, 0.4) is 0 Å². The second-order valence-corrected chi connectivity index (χ2v) is 4.94. The van der Waals surface area contributed by atoms with Crippen LogP contribution in [0.2, 0.25) is 0 Å². The minimum Gasteiger partial charge on any atom is -0.463 e. The molecule has 0 aromatic carbocycles. The monoisotopic (exact) mass is 241 g/mol. The number of nitro groups is 1. The molecule has 1 saturated carbocycles. The molecule has 0 aliphatic heterocycles. The van der Waals surface area contributed by atoms with E-state index in [0.29, 0.717) is 19.3 Å². The highest BCUT2D eigenvalue weighted by atomic mass is 16.6. The molecule has 1 aliphatic rings. The van der Waals surface area contributed by atoms with Gasteiger partial charge < -0.3 is 4.74 Å². The van der Waals surface area contributed by atoms with Gasteiger partial charge in [-0.3, -0.25) is 14.9 Å². The Kier molecular flexibility index (Phi) is 4.26. The fraction of sp³-hybridized carbons (Fsp3) is 0.750. The van der Waals surface area contributed by atoms with Crippen molar-refractivity contribution in [3.63, 3.8) is 0 Å². The third-order valence-corrected chi connectivity index (χ3v) is 3.61. The zero-order valence-corrected chi connectivity index (χ0v) is 10.3. The van der Waals surface area contributed by atoms with Crippen molar-refractivity contribution in [1.82, 2.24) is 0 Å². The average molecular weight is 241 g/mol. The maximum Gasteiger partial charge on any atom is 0.302 e. The molecule has 1 fully saturated rings. The van der Waals surface area contributed by atoms with Gasteiger partial charge in [0.05, 0.1) is 0 Å². The molecule has 0 radical (unpaired) electrons. The van der Waals surface area contributed by atoms with Crippen LogP contribution < -0.4 is 0 Å². The van der Waals surface area contributed by atoms with E-state index >= 15 is 0 Å². The Bertz CT molecular complexity index is 328. The third-order valence-electron chi connectivity index (χ3n) is 3.61. The summed E-state index contributed by atoms with van der Waals surface area (Å²) in [6.45, 7) is 7.05. The molecule has 0 unspecified atom stereocenters. The predicted octanol–water partition coefficient (Wildman–Crippen LogP) is 2.19. The fourth-order valence-corrected chi connectivity index (χ4v) is 2.54. The van der Waals surface area contributed by atoms with Gasteiger partial charge in [0.25, 0.3) is 0 Å². The van der Waals surface area contributed by atoms with Gasteiger partial charge in [-0.1, -0.05) is 13.0 Å². The predicted molar refractivity (Wildman–Crippen MR) is 63.1 cm³/mol. The van der Waals surface area contributed by atoms with Gasteiger partial charge in [-0.15, -0.1) is 6.58 Å². The lowest BCUT2D eigenvalue weighted by Gasteiger charge is -2.40. The molecule has 5 heteroatoms. The Morgan fingerprint density at radius 2 is 2.29 bits per heavy atom. The fourth-order valence-electron chi connectivity index (χ4n) is 2.54. The zero-order valence-electron chi connectivity index (χ0n) is 10.3. The molecule has 3 atom stereocenters. The summed E-state index contributed by atoms with van der Waals surface area (Å²) < 4.78 is 5.19. The second-order valence-electron chi connectivity index (χ2n) is 4.94. The molecule has 1 rings (SSSR count). The molecule has 0 aromatic heterocycles. The minimum absolute atomic E-state index is 0.0261. The van der Waals surface area contributed by atoms with Crippen molar-refractivity contribution in [3.8, 4) is 0 Å². The third kappa shape index (κ3) is 3.54. The van der Waals surface area contributed by atoms with E-state index in [9.17, 15) is 14.9 Å².